The summed E-state index contributed by atoms with van der Waals surface area (Å²) >= 11 is 0. The summed E-state index contributed by atoms with van der Waals surface area (Å²) in [5, 5.41) is 6.30. The van der Waals surface area contributed by atoms with Crippen molar-refractivity contribution in [2.24, 2.45) is 5.73 Å². The second kappa shape index (κ2) is 5.34. The van der Waals surface area contributed by atoms with E-state index in [1.54, 1.807) is 37.3 Å². The van der Waals surface area contributed by atoms with Gasteiger partial charge in [0.2, 0.25) is 11.7 Å². The lowest BCUT2D eigenvalue weighted by Crippen LogP contribution is -2.22. The van der Waals surface area contributed by atoms with Crippen molar-refractivity contribution in [2.75, 3.05) is 0 Å². The van der Waals surface area contributed by atoms with Crippen LogP contribution in [-0.4, -0.2) is 17.0 Å². The van der Waals surface area contributed by atoms with Crippen LogP contribution in [0.25, 0.3) is 0 Å². The van der Waals surface area contributed by atoms with Gasteiger partial charge < -0.3 is 15.6 Å². The molecule has 2 amide bonds. The van der Waals surface area contributed by atoms with E-state index in [0.717, 1.165) is 5.56 Å². The van der Waals surface area contributed by atoms with Crippen LogP contribution in [0.4, 0.5) is 0 Å². The van der Waals surface area contributed by atoms with E-state index < -0.39 is 5.91 Å². The fourth-order valence-electron chi connectivity index (χ4n) is 1.57. The molecule has 0 fully saturated rings. The molecule has 1 aromatic heterocycles. The molecule has 1 aromatic carbocycles. The molecule has 0 bridgehead atoms. The fourth-order valence-corrected chi connectivity index (χ4v) is 1.57. The Bertz CT molecular complexity index is 619. The van der Waals surface area contributed by atoms with E-state index in [2.05, 4.69) is 10.5 Å². The minimum atomic E-state index is -0.501. The molecule has 2 rings (SSSR count). The summed E-state index contributed by atoms with van der Waals surface area (Å²) in [5.41, 5.74) is 7.01. The molecule has 0 radical (unpaired) electrons. The quantitative estimate of drug-likeness (QED) is 0.856. The summed E-state index contributed by atoms with van der Waals surface area (Å²) < 4.78 is 4.84. The Morgan fingerprint density at radius 3 is 2.79 bits per heavy atom. The van der Waals surface area contributed by atoms with Crippen LogP contribution in [0.5, 0.6) is 0 Å². The topological polar surface area (TPSA) is 98.2 Å². The molecule has 0 atom stereocenters. The van der Waals surface area contributed by atoms with Gasteiger partial charge in [-0.15, -0.1) is 0 Å². The Morgan fingerprint density at radius 2 is 2.16 bits per heavy atom. The maximum Gasteiger partial charge on any atom is 0.290 e. The average Bonchev–Trinajstić information content (AvgIpc) is 2.83. The molecule has 3 N–H and O–H groups in total. The first-order chi connectivity index (χ1) is 9.06. The molecule has 0 spiro atoms. The Balaban J connectivity index is 2.01. The van der Waals surface area contributed by atoms with Gasteiger partial charge in [0.25, 0.3) is 5.91 Å². The standard InChI is InChI=1S/C13H13N3O3/c1-8-5-11(19-16-8)13(18)15-7-9-3-2-4-10(6-9)12(14)17/h2-6H,7H2,1H3,(H2,14,17)(H,15,18). The Labute approximate surface area is 109 Å². The Morgan fingerprint density at radius 1 is 1.37 bits per heavy atom. The van der Waals surface area contributed by atoms with Crippen molar-refractivity contribution < 1.29 is 14.1 Å². The first kappa shape index (κ1) is 12.8. The van der Waals surface area contributed by atoms with Crippen LogP contribution >= 0.6 is 0 Å². The van der Waals surface area contributed by atoms with Crippen LogP contribution < -0.4 is 11.1 Å². The molecule has 98 valence electrons. The largest absolute Gasteiger partial charge is 0.366 e. The van der Waals surface area contributed by atoms with E-state index in [0.29, 0.717) is 11.3 Å². The van der Waals surface area contributed by atoms with Crippen molar-refractivity contribution in [2.45, 2.75) is 13.5 Å². The van der Waals surface area contributed by atoms with Gasteiger partial charge in [0.15, 0.2) is 0 Å². The van der Waals surface area contributed by atoms with Crippen molar-refractivity contribution in [1.82, 2.24) is 10.5 Å². The number of benzene rings is 1. The molecule has 0 aliphatic heterocycles. The summed E-state index contributed by atoms with van der Waals surface area (Å²) in [6, 6.07) is 8.30. The van der Waals surface area contributed by atoms with Crippen LogP contribution in [0.1, 0.15) is 32.2 Å². The summed E-state index contributed by atoms with van der Waals surface area (Å²) in [7, 11) is 0. The predicted molar refractivity (Wildman–Crippen MR) is 67.4 cm³/mol. The molecule has 19 heavy (non-hydrogen) atoms. The van der Waals surface area contributed by atoms with E-state index in [-0.39, 0.29) is 18.2 Å². The summed E-state index contributed by atoms with van der Waals surface area (Å²) in [6.45, 7) is 2.01. The minimum Gasteiger partial charge on any atom is -0.366 e. The molecular weight excluding hydrogens is 246 g/mol. The lowest BCUT2D eigenvalue weighted by molar-refractivity contribution is 0.0913. The summed E-state index contributed by atoms with van der Waals surface area (Å²) in [6.07, 6.45) is 0. The number of amides is 2. The molecule has 0 aliphatic carbocycles. The maximum atomic E-state index is 11.7. The van der Waals surface area contributed by atoms with E-state index in [4.69, 9.17) is 10.3 Å². The highest BCUT2D eigenvalue weighted by molar-refractivity contribution is 5.93. The summed E-state index contributed by atoms with van der Waals surface area (Å²) in [4.78, 5) is 22.7. The third kappa shape index (κ3) is 3.19. The van der Waals surface area contributed by atoms with Gasteiger partial charge in [-0.05, 0) is 24.6 Å². The number of nitrogens with zero attached hydrogens (tertiary/aromatic N) is 1. The minimum absolute atomic E-state index is 0.156. The van der Waals surface area contributed by atoms with Gasteiger partial charge in [-0.2, -0.15) is 0 Å². The monoisotopic (exact) mass is 259 g/mol. The van der Waals surface area contributed by atoms with Gasteiger partial charge in [0, 0.05) is 18.2 Å². The van der Waals surface area contributed by atoms with Crippen molar-refractivity contribution >= 4 is 11.8 Å². The third-order valence-electron chi connectivity index (χ3n) is 2.52. The number of aromatic nitrogens is 1. The maximum absolute atomic E-state index is 11.7. The van der Waals surface area contributed by atoms with Gasteiger partial charge in [0.1, 0.15) is 0 Å². The van der Waals surface area contributed by atoms with Crippen LogP contribution in [-0.2, 0) is 6.54 Å². The zero-order chi connectivity index (χ0) is 13.8. The average molecular weight is 259 g/mol. The van der Waals surface area contributed by atoms with Crippen molar-refractivity contribution in [1.29, 1.82) is 0 Å². The lowest BCUT2D eigenvalue weighted by Gasteiger charge is -2.04. The number of rotatable bonds is 4. The first-order valence-corrected chi connectivity index (χ1v) is 5.66. The number of primary amides is 1. The highest BCUT2D eigenvalue weighted by Gasteiger charge is 2.11. The molecule has 0 unspecified atom stereocenters. The van der Waals surface area contributed by atoms with Crippen LogP contribution in [0.2, 0.25) is 0 Å². The van der Waals surface area contributed by atoms with Crippen LogP contribution in [0.3, 0.4) is 0 Å². The fraction of sp³-hybridized carbons (Fsp3) is 0.154. The van der Waals surface area contributed by atoms with Gasteiger partial charge in [-0.25, -0.2) is 0 Å². The number of nitrogens with two attached hydrogens (primary N) is 1. The molecule has 2 aromatic rings. The summed E-state index contributed by atoms with van der Waals surface area (Å²) in [5.74, 6) is -0.701. The first-order valence-electron chi connectivity index (χ1n) is 5.66. The highest BCUT2D eigenvalue weighted by Crippen LogP contribution is 2.06. The van der Waals surface area contributed by atoms with E-state index >= 15 is 0 Å². The van der Waals surface area contributed by atoms with Gasteiger partial charge in [-0.3, -0.25) is 9.59 Å². The van der Waals surface area contributed by atoms with E-state index in [1.165, 1.54) is 0 Å². The number of carbonyl (C=O) groups excluding carboxylic acids is 2. The second-order valence-electron chi connectivity index (χ2n) is 4.08. The van der Waals surface area contributed by atoms with Gasteiger partial charge in [-0.1, -0.05) is 17.3 Å². The highest BCUT2D eigenvalue weighted by atomic mass is 16.5. The van der Waals surface area contributed by atoms with Crippen LogP contribution in [0.15, 0.2) is 34.9 Å². The number of aryl methyl sites for hydroxylation is 1. The van der Waals surface area contributed by atoms with Crippen molar-refractivity contribution in [3.63, 3.8) is 0 Å². The number of carbonyl (C=O) groups is 2. The SMILES string of the molecule is Cc1cc(C(=O)NCc2cccc(C(N)=O)c2)on1. The molecular formula is C13H13N3O3. The van der Waals surface area contributed by atoms with Gasteiger partial charge >= 0.3 is 0 Å². The van der Waals surface area contributed by atoms with Crippen molar-refractivity contribution in [3.8, 4) is 0 Å². The van der Waals surface area contributed by atoms with E-state index in [1.807, 2.05) is 0 Å². The number of hydrogen-bond donors (Lipinski definition) is 2. The second-order valence-corrected chi connectivity index (χ2v) is 4.08. The molecule has 0 saturated carbocycles. The Hall–Kier alpha value is -2.63. The van der Waals surface area contributed by atoms with Crippen LogP contribution in [0, 0.1) is 6.92 Å². The molecule has 0 saturated heterocycles. The molecule has 1 heterocycles. The normalized spacial score (nSPS) is 10.2. The number of nitrogens with one attached hydrogen (secondary N) is 1. The molecule has 0 aliphatic rings. The zero-order valence-corrected chi connectivity index (χ0v) is 10.3. The predicted octanol–water partition coefficient (Wildman–Crippen LogP) is 1.01. The van der Waals surface area contributed by atoms with E-state index in [9.17, 15) is 9.59 Å². The van der Waals surface area contributed by atoms with Gasteiger partial charge in [0.05, 0.1) is 5.69 Å². The number of hydrogen-bond acceptors (Lipinski definition) is 4. The third-order valence-corrected chi connectivity index (χ3v) is 2.52. The lowest BCUT2D eigenvalue weighted by atomic mass is 10.1. The molecule has 6 heteroatoms. The smallest absolute Gasteiger partial charge is 0.290 e. The van der Waals surface area contributed by atoms with Crippen molar-refractivity contribution in [3.05, 3.63) is 52.9 Å². The zero-order valence-electron chi connectivity index (χ0n) is 10.3. The Kier molecular flexibility index (Phi) is 3.61. The molecule has 6 nitrogen and oxygen atoms in total.